The third-order valence-corrected chi connectivity index (χ3v) is 8.39. The van der Waals surface area contributed by atoms with Crippen LogP contribution in [0.25, 0.3) is 0 Å². The normalized spacial score (nSPS) is 30.5. The summed E-state index contributed by atoms with van der Waals surface area (Å²) in [4.78, 5) is 14.8. The van der Waals surface area contributed by atoms with Crippen molar-refractivity contribution in [1.29, 1.82) is 0 Å². The Hall–Kier alpha value is -2.37. The molecule has 3 fully saturated rings. The average Bonchev–Trinajstić information content (AvgIpc) is 3.07. The molecule has 1 saturated heterocycles. The van der Waals surface area contributed by atoms with Crippen molar-refractivity contribution in [3.8, 4) is 5.75 Å². The lowest BCUT2D eigenvalue weighted by molar-refractivity contribution is -0.135. The van der Waals surface area contributed by atoms with Gasteiger partial charge in [-0.3, -0.25) is 4.79 Å². The van der Waals surface area contributed by atoms with E-state index in [1.165, 1.54) is 30.4 Å². The molecular weight excluding hydrogens is 424 g/mol. The molecule has 2 saturated carbocycles. The quantitative estimate of drug-likeness (QED) is 0.606. The van der Waals surface area contributed by atoms with Crippen molar-refractivity contribution in [2.75, 3.05) is 13.7 Å². The van der Waals surface area contributed by atoms with Crippen LogP contribution < -0.4 is 10.1 Å². The van der Waals surface area contributed by atoms with Crippen molar-refractivity contribution in [2.45, 2.75) is 82.1 Å². The summed E-state index contributed by atoms with van der Waals surface area (Å²) in [6.45, 7) is 3.15. The number of benzene rings is 2. The Morgan fingerprint density at radius 3 is 2.32 bits per heavy atom. The molecule has 34 heavy (non-hydrogen) atoms. The fourth-order valence-corrected chi connectivity index (χ4v) is 6.42. The number of ether oxygens (including phenoxy) is 2. The van der Waals surface area contributed by atoms with Crippen molar-refractivity contribution in [2.24, 2.45) is 5.92 Å². The van der Waals surface area contributed by atoms with Gasteiger partial charge in [0.1, 0.15) is 5.75 Å². The molecule has 5 heteroatoms. The predicted octanol–water partition coefficient (Wildman–Crippen LogP) is 4.91. The van der Waals surface area contributed by atoms with Gasteiger partial charge in [0.05, 0.1) is 25.9 Å². The van der Waals surface area contributed by atoms with E-state index in [1.54, 1.807) is 14.0 Å². The van der Waals surface area contributed by atoms with E-state index in [0.717, 1.165) is 31.6 Å². The van der Waals surface area contributed by atoms with Gasteiger partial charge in [0, 0.05) is 25.6 Å². The minimum absolute atomic E-state index is 0.111. The second kappa shape index (κ2) is 10.5. The molecule has 3 aliphatic rings. The molecule has 1 amide bonds. The molecule has 5 nitrogen and oxygen atoms in total. The van der Waals surface area contributed by atoms with E-state index < -0.39 is 0 Å². The highest BCUT2D eigenvalue weighted by molar-refractivity contribution is 5.75. The Balaban J connectivity index is 1.19. The van der Waals surface area contributed by atoms with Gasteiger partial charge in [-0.1, -0.05) is 42.5 Å². The number of carbonyl (C=O) groups excluding carboxylic acids is 1. The first kappa shape index (κ1) is 23.4. The smallest absolute Gasteiger partial charge is 0.220 e. The minimum atomic E-state index is 0.111. The first-order chi connectivity index (χ1) is 16.6. The second-order valence-electron chi connectivity index (χ2n) is 10.3. The fourth-order valence-electron chi connectivity index (χ4n) is 6.42. The Bertz CT molecular complexity index is 940. The molecule has 182 valence electrons. The van der Waals surface area contributed by atoms with Crippen LogP contribution in [0.1, 0.15) is 62.5 Å². The van der Waals surface area contributed by atoms with Gasteiger partial charge in [-0.2, -0.15) is 0 Å². The highest BCUT2D eigenvalue weighted by atomic mass is 16.5. The summed E-state index contributed by atoms with van der Waals surface area (Å²) in [5.74, 6) is 2.24. The SMILES string of the molecule is COc1ccc(CNC2[C@H]3CC[C@H]3N(C(C)=O)[C@H]2CO[C@H]2CC[C@@H](c3ccccc3)CC2)cc1. The molecule has 2 aromatic rings. The van der Waals surface area contributed by atoms with Gasteiger partial charge in [-0.05, 0) is 73.6 Å². The zero-order valence-electron chi connectivity index (χ0n) is 20.5. The number of methoxy groups -OCH3 is 1. The predicted molar refractivity (Wildman–Crippen MR) is 134 cm³/mol. The van der Waals surface area contributed by atoms with Crippen LogP contribution in [0.4, 0.5) is 0 Å². The van der Waals surface area contributed by atoms with Crippen LogP contribution in [0.15, 0.2) is 54.6 Å². The highest BCUT2D eigenvalue weighted by Crippen LogP contribution is 2.44. The monoisotopic (exact) mass is 462 g/mol. The number of hydrogen-bond acceptors (Lipinski definition) is 4. The lowest BCUT2D eigenvalue weighted by atomic mass is 9.77. The van der Waals surface area contributed by atoms with Gasteiger partial charge in [-0.25, -0.2) is 0 Å². The maximum Gasteiger partial charge on any atom is 0.220 e. The van der Waals surface area contributed by atoms with E-state index in [2.05, 4.69) is 52.7 Å². The molecule has 0 radical (unpaired) electrons. The van der Waals surface area contributed by atoms with E-state index in [9.17, 15) is 4.79 Å². The summed E-state index contributed by atoms with van der Waals surface area (Å²) < 4.78 is 11.8. The number of carbonyl (C=O) groups is 1. The molecular formula is C29H38N2O3. The third kappa shape index (κ3) is 4.87. The van der Waals surface area contributed by atoms with E-state index in [-0.39, 0.29) is 18.0 Å². The molecule has 1 aliphatic heterocycles. The van der Waals surface area contributed by atoms with E-state index in [4.69, 9.17) is 9.47 Å². The standard InChI is InChI=1S/C29H38N2O3/c1-20(32)31-27-17-16-26(27)29(30-18-21-8-12-24(33-2)13-9-21)28(31)19-34-25-14-10-23(11-15-25)22-6-4-3-5-7-22/h3-9,12-13,23,25-30H,10-11,14-19H2,1-2H3/t23-,25+,26-,27+,28-,29?/m0/s1. The molecule has 5 rings (SSSR count). The molecule has 4 atom stereocenters. The zero-order valence-corrected chi connectivity index (χ0v) is 20.5. The van der Waals surface area contributed by atoms with Crippen LogP contribution in [0.3, 0.4) is 0 Å². The van der Waals surface area contributed by atoms with Crippen molar-refractivity contribution in [1.82, 2.24) is 10.2 Å². The third-order valence-electron chi connectivity index (χ3n) is 8.39. The van der Waals surface area contributed by atoms with Crippen LogP contribution >= 0.6 is 0 Å². The number of nitrogens with one attached hydrogen (secondary N) is 1. The van der Waals surface area contributed by atoms with E-state index in [1.807, 2.05) is 12.1 Å². The van der Waals surface area contributed by atoms with Crippen molar-refractivity contribution >= 4 is 5.91 Å². The number of likely N-dealkylation sites (tertiary alicyclic amines) is 1. The Kier molecular flexibility index (Phi) is 7.21. The van der Waals surface area contributed by atoms with Crippen LogP contribution in [0, 0.1) is 5.92 Å². The van der Waals surface area contributed by atoms with Crippen LogP contribution in [0.2, 0.25) is 0 Å². The summed E-state index contributed by atoms with van der Waals surface area (Å²) >= 11 is 0. The van der Waals surface area contributed by atoms with Crippen LogP contribution in [0.5, 0.6) is 5.75 Å². The average molecular weight is 463 g/mol. The number of hydrogen-bond donors (Lipinski definition) is 1. The molecule has 1 N–H and O–H groups in total. The van der Waals surface area contributed by atoms with Gasteiger partial charge in [0.15, 0.2) is 0 Å². The minimum Gasteiger partial charge on any atom is -0.497 e. The molecule has 0 aromatic heterocycles. The molecule has 1 unspecified atom stereocenters. The lowest BCUT2D eigenvalue weighted by Gasteiger charge is -2.37. The summed E-state index contributed by atoms with van der Waals surface area (Å²) in [5, 5.41) is 3.80. The first-order valence-corrected chi connectivity index (χ1v) is 13.0. The van der Waals surface area contributed by atoms with Gasteiger partial charge in [0.2, 0.25) is 5.91 Å². The Morgan fingerprint density at radius 2 is 1.71 bits per heavy atom. The summed E-state index contributed by atoms with van der Waals surface area (Å²) in [6.07, 6.45) is 7.17. The second-order valence-corrected chi connectivity index (χ2v) is 10.3. The molecule has 2 aromatic carbocycles. The first-order valence-electron chi connectivity index (χ1n) is 13.0. The maximum absolute atomic E-state index is 12.6. The van der Waals surface area contributed by atoms with Gasteiger partial charge >= 0.3 is 0 Å². The number of rotatable bonds is 8. The van der Waals surface area contributed by atoms with Crippen molar-refractivity contribution in [3.63, 3.8) is 0 Å². The van der Waals surface area contributed by atoms with Crippen molar-refractivity contribution in [3.05, 3.63) is 65.7 Å². The van der Waals surface area contributed by atoms with Crippen LogP contribution in [-0.2, 0) is 16.1 Å². The molecule has 2 aliphatic carbocycles. The topological polar surface area (TPSA) is 50.8 Å². The number of amides is 1. The molecule has 0 bridgehead atoms. The number of fused-ring (bicyclic) bond motifs is 1. The van der Waals surface area contributed by atoms with Crippen LogP contribution in [-0.4, -0.2) is 48.8 Å². The lowest BCUT2D eigenvalue weighted by Crippen LogP contribution is -2.48. The number of nitrogens with zero attached hydrogens (tertiary/aromatic N) is 1. The van der Waals surface area contributed by atoms with Gasteiger partial charge < -0.3 is 19.7 Å². The largest absolute Gasteiger partial charge is 0.497 e. The molecule has 1 heterocycles. The fraction of sp³-hybridized carbons (Fsp3) is 0.552. The van der Waals surface area contributed by atoms with Crippen molar-refractivity contribution < 1.29 is 14.3 Å². The Labute approximate surface area is 203 Å². The summed E-state index contributed by atoms with van der Waals surface area (Å²) in [6, 6.07) is 19.9. The zero-order chi connectivity index (χ0) is 23.5. The van der Waals surface area contributed by atoms with Gasteiger partial charge in [0.25, 0.3) is 0 Å². The maximum atomic E-state index is 12.6. The van der Waals surface area contributed by atoms with E-state index >= 15 is 0 Å². The molecule has 0 spiro atoms. The summed E-state index contributed by atoms with van der Waals surface area (Å²) in [5.41, 5.74) is 2.69. The highest BCUT2D eigenvalue weighted by Gasteiger charge is 2.54. The van der Waals surface area contributed by atoms with Gasteiger partial charge in [-0.15, -0.1) is 0 Å². The van der Waals surface area contributed by atoms with E-state index in [0.29, 0.717) is 30.6 Å². The Morgan fingerprint density at radius 1 is 0.971 bits per heavy atom. The summed E-state index contributed by atoms with van der Waals surface area (Å²) in [7, 11) is 1.69.